The van der Waals surface area contributed by atoms with Crippen LogP contribution in [0.15, 0.2) is 42.5 Å². The first-order valence-electron chi connectivity index (χ1n) is 8.22. The lowest BCUT2D eigenvalue weighted by Gasteiger charge is -2.21. The van der Waals surface area contributed by atoms with E-state index in [-0.39, 0.29) is 5.91 Å². The zero-order chi connectivity index (χ0) is 18.5. The van der Waals surface area contributed by atoms with Crippen LogP contribution in [-0.2, 0) is 11.3 Å². The molecular formula is C20H20ClNO4. The Morgan fingerprint density at radius 2 is 2.04 bits per heavy atom. The number of halogens is 1. The summed E-state index contributed by atoms with van der Waals surface area (Å²) in [7, 11) is 3.31. The van der Waals surface area contributed by atoms with Gasteiger partial charge in [-0.15, -0.1) is 0 Å². The lowest BCUT2D eigenvalue weighted by molar-refractivity contribution is -0.125. The molecule has 0 saturated carbocycles. The molecule has 0 unspecified atom stereocenters. The summed E-state index contributed by atoms with van der Waals surface area (Å²) in [6.07, 6.45) is 3.24. The van der Waals surface area contributed by atoms with Crippen LogP contribution in [0.3, 0.4) is 0 Å². The molecule has 0 radical (unpaired) electrons. The van der Waals surface area contributed by atoms with Crippen molar-refractivity contribution in [3.8, 4) is 17.2 Å². The van der Waals surface area contributed by atoms with Gasteiger partial charge in [0.1, 0.15) is 13.2 Å². The molecule has 0 N–H and O–H groups in total. The minimum atomic E-state index is -0.126. The van der Waals surface area contributed by atoms with Gasteiger partial charge in [0.25, 0.3) is 0 Å². The molecule has 0 saturated heterocycles. The van der Waals surface area contributed by atoms with Crippen molar-refractivity contribution in [2.75, 3.05) is 27.4 Å². The molecule has 0 aromatic heterocycles. The lowest BCUT2D eigenvalue weighted by atomic mass is 10.1. The van der Waals surface area contributed by atoms with Crippen molar-refractivity contribution in [1.82, 2.24) is 4.90 Å². The Morgan fingerprint density at radius 1 is 1.27 bits per heavy atom. The number of carbonyl (C=O) groups is 1. The highest BCUT2D eigenvalue weighted by Crippen LogP contribution is 2.40. The number of hydrogen-bond donors (Lipinski definition) is 0. The fraction of sp³-hybridized carbons (Fsp3) is 0.250. The average Bonchev–Trinajstić information content (AvgIpc) is 2.67. The zero-order valence-electron chi connectivity index (χ0n) is 14.7. The highest BCUT2D eigenvalue weighted by molar-refractivity contribution is 6.31. The predicted octanol–water partition coefficient (Wildman–Crippen LogP) is 3.79. The highest BCUT2D eigenvalue weighted by atomic mass is 35.5. The predicted molar refractivity (Wildman–Crippen MR) is 101 cm³/mol. The van der Waals surface area contributed by atoms with Gasteiger partial charge in [0, 0.05) is 24.7 Å². The Balaban J connectivity index is 1.72. The Kier molecular flexibility index (Phi) is 5.68. The first-order chi connectivity index (χ1) is 12.6. The normalized spacial score (nSPS) is 12.9. The number of rotatable bonds is 5. The summed E-state index contributed by atoms with van der Waals surface area (Å²) in [5.74, 6) is 1.67. The molecule has 2 aromatic rings. The molecule has 0 spiro atoms. The number of benzene rings is 2. The van der Waals surface area contributed by atoms with Crippen molar-refractivity contribution in [3.05, 3.63) is 58.6 Å². The molecule has 5 nitrogen and oxygen atoms in total. The molecule has 3 rings (SSSR count). The van der Waals surface area contributed by atoms with Gasteiger partial charge >= 0.3 is 0 Å². The van der Waals surface area contributed by atoms with Gasteiger partial charge < -0.3 is 19.1 Å². The SMILES string of the molecule is COc1cc(/C=C/C(=O)N(C)Cc2ccccc2Cl)cc2c1OCCO2. The van der Waals surface area contributed by atoms with Crippen molar-refractivity contribution in [1.29, 1.82) is 0 Å². The van der Waals surface area contributed by atoms with Gasteiger partial charge in [-0.3, -0.25) is 4.79 Å². The Hall–Kier alpha value is -2.66. The molecule has 1 aliphatic heterocycles. The van der Waals surface area contributed by atoms with E-state index in [2.05, 4.69) is 0 Å². The summed E-state index contributed by atoms with van der Waals surface area (Å²) in [4.78, 5) is 14.0. The lowest BCUT2D eigenvalue weighted by Crippen LogP contribution is -2.24. The topological polar surface area (TPSA) is 48.0 Å². The van der Waals surface area contributed by atoms with E-state index in [9.17, 15) is 4.79 Å². The second kappa shape index (κ2) is 8.15. The van der Waals surface area contributed by atoms with Gasteiger partial charge in [-0.2, -0.15) is 0 Å². The van der Waals surface area contributed by atoms with E-state index in [1.54, 1.807) is 25.1 Å². The minimum Gasteiger partial charge on any atom is -0.493 e. The largest absolute Gasteiger partial charge is 0.493 e. The maximum atomic E-state index is 12.4. The van der Waals surface area contributed by atoms with Crippen LogP contribution in [0.2, 0.25) is 5.02 Å². The van der Waals surface area contributed by atoms with Gasteiger partial charge in [-0.1, -0.05) is 29.8 Å². The molecule has 0 atom stereocenters. The van der Waals surface area contributed by atoms with Gasteiger partial charge in [-0.05, 0) is 35.4 Å². The van der Waals surface area contributed by atoms with Crippen molar-refractivity contribution in [2.45, 2.75) is 6.54 Å². The van der Waals surface area contributed by atoms with Crippen LogP contribution in [0.1, 0.15) is 11.1 Å². The molecule has 0 bridgehead atoms. The standard InChI is InChI=1S/C20H20ClNO4/c1-22(13-15-5-3-4-6-16(15)21)19(23)8-7-14-11-17(24-2)20-18(12-14)25-9-10-26-20/h3-8,11-12H,9-10,13H2,1-2H3/b8-7+. The number of hydrogen-bond acceptors (Lipinski definition) is 4. The van der Waals surface area contributed by atoms with Crippen LogP contribution in [-0.4, -0.2) is 38.2 Å². The molecule has 0 aliphatic carbocycles. The quantitative estimate of drug-likeness (QED) is 0.748. The summed E-state index contributed by atoms with van der Waals surface area (Å²) in [5, 5.41) is 0.646. The van der Waals surface area contributed by atoms with E-state index in [1.165, 1.54) is 6.08 Å². The maximum absolute atomic E-state index is 12.4. The third-order valence-electron chi connectivity index (χ3n) is 4.01. The van der Waals surface area contributed by atoms with Gasteiger partial charge in [0.2, 0.25) is 11.7 Å². The van der Waals surface area contributed by atoms with E-state index >= 15 is 0 Å². The molecule has 1 heterocycles. The Bertz CT molecular complexity index is 817. The number of methoxy groups -OCH3 is 1. The smallest absolute Gasteiger partial charge is 0.246 e. The minimum absolute atomic E-state index is 0.126. The number of carbonyl (C=O) groups excluding carboxylic acids is 1. The fourth-order valence-corrected chi connectivity index (χ4v) is 2.84. The number of fused-ring (bicyclic) bond motifs is 1. The third-order valence-corrected chi connectivity index (χ3v) is 4.38. The van der Waals surface area contributed by atoms with Crippen molar-refractivity contribution >= 4 is 23.6 Å². The van der Waals surface area contributed by atoms with Gasteiger partial charge in [-0.25, -0.2) is 0 Å². The Morgan fingerprint density at radius 3 is 2.81 bits per heavy atom. The first kappa shape index (κ1) is 18.1. The maximum Gasteiger partial charge on any atom is 0.246 e. The molecule has 2 aromatic carbocycles. The molecule has 26 heavy (non-hydrogen) atoms. The van der Waals surface area contributed by atoms with Crippen LogP contribution in [0.4, 0.5) is 0 Å². The van der Waals surface area contributed by atoms with Crippen molar-refractivity contribution in [2.24, 2.45) is 0 Å². The number of nitrogens with zero attached hydrogens (tertiary/aromatic N) is 1. The van der Waals surface area contributed by atoms with E-state index in [1.807, 2.05) is 36.4 Å². The van der Waals surface area contributed by atoms with Crippen LogP contribution < -0.4 is 14.2 Å². The van der Waals surface area contributed by atoms with E-state index in [0.717, 1.165) is 11.1 Å². The zero-order valence-corrected chi connectivity index (χ0v) is 15.5. The number of ether oxygens (including phenoxy) is 3. The molecule has 1 aliphatic rings. The van der Waals surface area contributed by atoms with Gasteiger partial charge in [0.05, 0.1) is 7.11 Å². The van der Waals surface area contributed by atoms with E-state index < -0.39 is 0 Å². The summed E-state index contributed by atoms with van der Waals surface area (Å²) in [6.45, 7) is 1.42. The van der Waals surface area contributed by atoms with Crippen molar-refractivity contribution in [3.63, 3.8) is 0 Å². The van der Waals surface area contributed by atoms with Crippen LogP contribution in [0.5, 0.6) is 17.2 Å². The highest BCUT2D eigenvalue weighted by Gasteiger charge is 2.18. The molecule has 0 fully saturated rings. The van der Waals surface area contributed by atoms with Crippen LogP contribution in [0, 0.1) is 0 Å². The second-order valence-corrected chi connectivity index (χ2v) is 6.27. The first-order valence-corrected chi connectivity index (χ1v) is 8.60. The molecular weight excluding hydrogens is 354 g/mol. The van der Waals surface area contributed by atoms with Crippen LogP contribution >= 0.6 is 11.6 Å². The monoisotopic (exact) mass is 373 g/mol. The molecule has 6 heteroatoms. The summed E-state index contributed by atoms with van der Waals surface area (Å²) in [5.41, 5.74) is 1.70. The second-order valence-electron chi connectivity index (χ2n) is 5.87. The van der Waals surface area contributed by atoms with E-state index in [0.29, 0.717) is 42.0 Å². The molecule has 136 valence electrons. The van der Waals surface area contributed by atoms with Crippen LogP contribution in [0.25, 0.3) is 6.08 Å². The Labute approximate surface area is 157 Å². The summed E-state index contributed by atoms with van der Waals surface area (Å²) >= 11 is 6.15. The summed E-state index contributed by atoms with van der Waals surface area (Å²) in [6, 6.07) is 11.1. The fourth-order valence-electron chi connectivity index (χ4n) is 2.64. The van der Waals surface area contributed by atoms with Crippen molar-refractivity contribution < 1.29 is 19.0 Å². The summed E-state index contributed by atoms with van der Waals surface area (Å²) < 4.78 is 16.5. The average molecular weight is 374 g/mol. The molecule has 1 amide bonds. The number of likely N-dealkylation sites (N-methyl/N-ethyl adjacent to an activating group) is 1. The van der Waals surface area contributed by atoms with Gasteiger partial charge in [0.15, 0.2) is 11.5 Å². The van der Waals surface area contributed by atoms with E-state index in [4.69, 9.17) is 25.8 Å². The third kappa shape index (κ3) is 4.11. The number of amides is 1.